The molecule has 6 rings (SSSR count). The number of carbonyl (C=O) groups is 2. The van der Waals surface area contributed by atoms with Crippen molar-refractivity contribution in [3.8, 4) is 0 Å². The van der Waals surface area contributed by atoms with Gasteiger partial charge >= 0.3 is 11.9 Å². The van der Waals surface area contributed by atoms with Gasteiger partial charge in [-0.1, -0.05) is 55.0 Å². The van der Waals surface area contributed by atoms with Gasteiger partial charge in [0.25, 0.3) is 0 Å². The summed E-state index contributed by atoms with van der Waals surface area (Å²) < 4.78 is 6.49. The molecule has 1 saturated heterocycles. The number of fused-ring (bicyclic) bond motifs is 1. The molecule has 0 aromatic heterocycles. The van der Waals surface area contributed by atoms with Gasteiger partial charge in [-0.2, -0.15) is 0 Å². The lowest BCUT2D eigenvalue weighted by Gasteiger charge is -2.45. The highest BCUT2D eigenvalue weighted by molar-refractivity contribution is 5.89. The molecule has 1 heterocycles. The molecule has 0 amide bonds. The molecule has 2 aromatic rings. The smallest absolute Gasteiger partial charge is 0.328 e. The number of rotatable bonds is 6. The van der Waals surface area contributed by atoms with E-state index in [0.29, 0.717) is 30.1 Å². The maximum absolute atomic E-state index is 9.55. The Morgan fingerprint density at radius 1 is 0.848 bits per heavy atom. The third-order valence-electron chi connectivity index (χ3n) is 6.81. The lowest BCUT2D eigenvalue weighted by atomic mass is 9.62. The summed E-state index contributed by atoms with van der Waals surface area (Å²) in [7, 11) is 0. The van der Waals surface area contributed by atoms with E-state index in [2.05, 4.69) is 53.4 Å². The number of benzene rings is 2. The van der Waals surface area contributed by atoms with Gasteiger partial charge in [0.15, 0.2) is 0 Å². The predicted octanol–water partition coefficient (Wildman–Crippen LogP) is 4.25. The van der Waals surface area contributed by atoms with Crippen LogP contribution in [0.4, 0.5) is 0 Å². The van der Waals surface area contributed by atoms with E-state index in [-0.39, 0.29) is 0 Å². The number of nitrogens with zero attached hydrogens (tertiary/aromatic N) is 1. The molecule has 3 aliphatic carbocycles. The normalized spacial score (nSPS) is 23.3. The molecule has 4 aliphatic rings. The number of hydrogen-bond acceptors (Lipinski definition) is 4. The van der Waals surface area contributed by atoms with Crippen LogP contribution >= 0.6 is 0 Å². The molecule has 2 bridgehead atoms. The van der Waals surface area contributed by atoms with E-state index in [4.69, 9.17) is 14.9 Å². The quantitative estimate of drug-likeness (QED) is 0.641. The second-order valence-corrected chi connectivity index (χ2v) is 8.85. The van der Waals surface area contributed by atoms with Crippen LogP contribution in [0, 0.1) is 0 Å². The van der Waals surface area contributed by atoms with Gasteiger partial charge in [0, 0.05) is 30.5 Å². The Morgan fingerprint density at radius 3 is 1.88 bits per heavy atom. The van der Waals surface area contributed by atoms with E-state index in [0.717, 1.165) is 19.6 Å². The molecule has 2 N–H and O–H groups in total. The average molecular weight is 450 g/mol. The van der Waals surface area contributed by atoms with Crippen LogP contribution in [0.5, 0.6) is 0 Å². The van der Waals surface area contributed by atoms with Crippen LogP contribution in [-0.4, -0.2) is 59.4 Å². The molecule has 0 saturated carbocycles. The maximum atomic E-state index is 9.55. The molecule has 6 heteroatoms. The average Bonchev–Trinajstić information content (AvgIpc) is 2.84. The molecular formula is C27H31NO5. The van der Waals surface area contributed by atoms with Crippen molar-refractivity contribution in [2.45, 2.75) is 43.6 Å². The van der Waals surface area contributed by atoms with Crippen molar-refractivity contribution in [1.29, 1.82) is 0 Å². The monoisotopic (exact) mass is 449 g/mol. The predicted molar refractivity (Wildman–Crippen MR) is 126 cm³/mol. The number of hydrogen-bond donors (Lipinski definition) is 2. The Kier molecular flexibility index (Phi) is 7.57. The lowest BCUT2D eigenvalue weighted by Crippen LogP contribution is -2.39. The number of carboxylic acids is 2. The summed E-state index contributed by atoms with van der Waals surface area (Å²) in [6, 6.07) is 18.1. The molecule has 1 atom stereocenters. The fourth-order valence-electron chi connectivity index (χ4n) is 5.40. The minimum absolute atomic E-state index is 0.333. The molecular weight excluding hydrogens is 418 g/mol. The van der Waals surface area contributed by atoms with E-state index < -0.39 is 11.9 Å². The van der Waals surface area contributed by atoms with Gasteiger partial charge < -0.3 is 19.8 Å². The van der Waals surface area contributed by atoms with Crippen molar-refractivity contribution in [2.75, 3.05) is 26.2 Å². The van der Waals surface area contributed by atoms with Crippen LogP contribution < -0.4 is 0 Å². The second kappa shape index (κ2) is 10.8. The van der Waals surface area contributed by atoms with Gasteiger partial charge in [0.2, 0.25) is 0 Å². The molecule has 6 nitrogen and oxygen atoms in total. The van der Waals surface area contributed by atoms with E-state index in [1.54, 1.807) is 0 Å². The first-order valence-corrected chi connectivity index (χ1v) is 11.7. The van der Waals surface area contributed by atoms with E-state index in [9.17, 15) is 9.59 Å². The van der Waals surface area contributed by atoms with Gasteiger partial charge in [0.1, 0.15) is 0 Å². The molecule has 2 aromatic carbocycles. The Bertz CT molecular complexity index is 948. The summed E-state index contributed by atoms with van der Waals surface area (Å²) in [5, 5.41) is 15.6. The largest absolute Gasteiger partial charge is 0.478 e. The zero-order valence-electron chi connectivity index (χ0n) is 18.7. The van der Waals surface area contributed by atoms with Gasteiger partial charge in [-0.15, -0.1) is 0 Å². The summed E-state index contributed by atoms with van der Waals surface area (Å²) in [6.07, 6.45) is 6.70. The summed E-state index contributed by atoms with van der Waals surface area (Å²) >= 11 is 0. The van der Waals surface area contributed by atoms with Gasteiger partial charge in [0.05, 0.1) is 12.7 Å². The second-order valence-electron chi connectivity index (χ2n) is 8.85. The van der Waals surface area contributed by atoms with Gasteiger partial charge in [-0.25, -0.2) is 9.59 Å². The Morgan fingerprint density at radius 2 is 1.36 bits per heavy atom. The SMILES string of the molecule is O=C(O)/C=C/C(=O)O.c1ccc2c(c1)C1CC(OCCN3CCCCC3)C2c2ccccc21. The van der Waals surface area contributed by atoms with Crippen LogP contribution in [0.15, 0.2) is 60.7 Å². The fourth-order valence-corrected chi connectivity index (χ4v) is 5.40. The topological polar surface area (TPSA) is 87.1 Å². The Hall–Kier alpha value is -2.96. The molecule has 1 aliphatic heterocycles. The first kappa shape index (κ1) is 23.2. The third kappa shape index (κ3) is 5.52. The minimum Gasteiger partial charge on any atom is -0.478 e. The van der Waals surface area contributed by atoms with Crippen molar-refractivity contribution < 1.29 is 24.5 Å². The zero-order chi connectivity index (χ0) is 23.2. The van der Waals surface area contributed by atoms with Crippen molar-refractivity contribution >= 4 is 11.9 Å². The van der Waals surface area contributed by atoms with Crippen molar-refractivity contribution in [1.82, 2.24) is 4.90 Å². The third-order valence-corrected chi connectivity index (χ3v) is 6.81. The van der Waals surface area contributed by atoms with Crippen molar-refractivity contribution in [2.24, 2.45) is 0 Å². The number of aliphatic carboxylic acids is 2. The highest BCUT2D eigenvalue weighted by Gasteiger charge is 2.43. The molecule has 174 valence electrons. The summed E-state index contributed by atoms with van der Waals surface area (Å²) in [4.78, 5) is 21.7. The van der Waals surface area contributed by atoms with E-state index >= 15 is 0 Å². The van der Waals surface area contributed by atoms with E-state index in [1.807, 2.05) is 0 Å². The molecule has 0 radical (unpaired) electrons. The molecule has 1 fully saturated rings. The van der Waals surface area contributed by atoms with Crippen LogP contribution in [-0.2, 0) is 14.3 Å². The first-order chi connectivity index (χ1) is 16.0. The first-order valence-electron chi connectivity index (χ1n) is 11.7. The fraction of sp³-hybridized carbons (Fsp3) is 0.407. The Labute approximate surface area is 194 Å². The van der Waals surface area contributed by atoms with Crippen molar-refractivity contribution in [3.05, 3.63) is 82.9 Å². The molecule has 33 heavy (non-hydrogen) atoms. The summed E-state index contributed by atoms with van der Waals surface area (Å²) in [5.41, 5.74) is 6.06. The van der Waals surface area contributed by atoms with Gasteiger partial charge in [-0.05, 0) is 54.6 Å². The number of likely N-dealkylation sites (tertiary alicyclic amines) is 1. The standard InChI is InChI=1S/C23H27NO.C4H4O4/c1-6-12-24(13-7-1)14-15-25-22-16-21-17-8-2-4-10-19(17)23(22)20-11-5-3-9-18(20)21;5-3(6)1-2-4(7)8/h2-5,8-11,21-23H,1,6-7,12-16H2;1-2H,(H,5,6)(H,7,8)/b;2-1+. The highest BCUT2D eigenvalue weighted by Crippen LogP contribution is 2.53. The minimum atomic E-state index is -1.26. The highest BCUT2D eigenvalue weighted by atomic mass is 16.5. The number of carboxylic acid groups (broad SMARTS) is 2. The number of piperidine rings is 1. The molecule has 1 unspecified atom stereocenters. The molecule has 0 spiro atoms. The summed E-state index contributed by atoms with van der Waals surface area (Å²) in [6.45, 7) is 4.48. The van der Waals surface area contributed by atoms with Crippen LogP contribution in [0.3, 0.4) is 0 Å². The van der Waals surface area contributed by atoms with Crippen LogP contribution in [0.2, 0.25) is 0 Å². The summed E-state index contributed by atoms with van der Waals surface area (Å²) in [5.74, 6) is -1.59. The lowest BCUT2D eigenvalue weighted by molar-refractivity contribution is -0.134. The van der Waals surface area contributed by atoms with Gasteiger partial charge in [-0.3, -0.25) is 0 Å². The zero-order valence-corrected chi connectivity index (χ0v) is 18.7. The van der Waals surface area contributed by atoms with Crippen LogP contribution in [0.1, 0.15) is 59.8 Å². The van der Waals surface area contributed by atoms with E-state index in [1.165, 1.54) is 54.6 Å². The Balaban J connectivity index is 0.000000281. The number of ether oxygens (including phenoxy) is 1. The van der Waals surface area contributed by atoms with Crippen molar-refractivity contribution in [3.63, 3.8) is 0 Å². The van der Waals surface area contributed by atoms with Crippen LogP contribution in [0.25, 0.3) is 0 Å². The maximum Gasteiger partial charge on any atom is 0.328 e.